The van der Waals surface area contributed by atoms with Crippen molar-refractivity contribution in [2.45, 2.75) is 72.0 Å². The molecular weight excluding hydrogens is 385 g/mol. The minimum Gasteiger partial charge on any atom is -0.460 e. The van der Waals surface area contributed by atoms with Crippen LogP contribution in [0.1, 0.15) is 59.9 Å². The van der Waals surface area contributed by atoms with E-state index in [4.69, 9.17) is 9.47 Å². The van der Waals surface area contributed by atoms with Crippen molar-refractivity contribution in [1.82, 2.24) is 4.90 Å². The van der Waals surface area contributed by atoms with E-state index in [9.17, 15) is 19.6 Å². The third-order valence-corrected chi connectivity index (χ3v) is 4.22. The Hall–Kier alpha value is -2.06. The first-order chi connectivity index (χ1) is 13.7. The Morgan fingerprint density at radius 2 is 1.67 bits per heavy atom. The van der Waals surface area contributed by atoms with Crippen molar-refractivity contribution in [2.24, 2.45) is 5.92 Å². The standard InChI is InChI=1S/C22H36BNO6/c1-21(2,3)29-19(25)17(14-16-10-8-12-18(15-16)23(27)28)11-9-13-24(7)20(26)30-22(4,5)6/h8,10,12,15,17,27-28H,9,11,13-14H2,1-7H3. The molecular formula is C22H36BNO6. The monoisotopic (exact) mass is 421 g/mol. The van der Waals surface area contributed by atoms with Gasteiger partial charge in [0.05, 0.1) is 5.92 Å². The Labute approximate surface area is 180 Å². The Kier molecular flexibility index (Phi) is 9.37. The number of amides is 1. The maximum absolute atomic E-state index is 12.8. The van der Waals surface area contributed by atoms with E-state index in [-0.39, 0.29) is 5.97 Å². The maximum atomic E-state index is 12.8. The molecule has 0 heterocycles. The lowest BCUT2D eigenvalue weighted by atomic mass is 9.79. The molecule has 0 spiro atoms. The second kappa shape index (κ2) is 10.8. The third-order valence-electron chi connectivity index (χ3n) is 4.22. The van der Waals surface area contributed by atoms with E-state index in [0.29, 0.717) is 31.3 Å². The summed E-state index contributed by atoms with van der Waals surface area (Å²) < 4.78 is 10.9. The van der Waals surface area contributed by atoms with Crippen LogP contribution in [0.15, 0.2) is 24.3 Å². The SMILES string of the molecule is CN(CCCC(Cc1cccc(B(O)O)c1)C(=O)OC(C)(C)C)C(=O)OC(C)(C)C. The fraction of sp³-hybridized carbons (Fsp3) is 0.636. The summed E-state index contributed by atoms with van der Waals surface area (Å²) in [6.45, 7) is 11.4. The number of hydrogen-bond donors (Lipinski definition) is 2. The molecule has 0 aliphatic carbocycles. The lowest BCUT2D eigenvalue weighted by Crippen LogP contribution is -2.35. The molecule has 0 fully saturated rings. The van der Waals surface area contributed by atoms with Crippen LogP contribution in [-0.2, 0) is 20.7 Å². The largest absolute Gasteiger partial charge is 0.488 e. The fourth-order valence-electron chi connectivity index (χ4n) is 2.86. The van der Waals surface area contributed by atoms with Crippen LogP contribution in [0.3, 0.4) is 0 Å². The average Bonchev–Trinajstić information content (AvgIpc) is 2.57. The predicted molar refractivity (Wildman–Crippen MR) is 117 cm³/mol. The van der Waals surface area contributed by atoms with Crippen molar-refractivity contribution in [3.05, 3.63) is 29.8 Å². The third kappa shape index (κ3) is 10.1. The summed E-state index contributed by atoms with van der Waals surface area (Å²) in [5.74, 6) is -0.722. The summed E-state index contributed by atoms with van der Waals surface area (Å²) in [5, 5.41) is 18.8. The van der Waals surface area contributed by atoms with Crippen LogP contribution in [0.25, 0.3) is 0 Å². The molecule has 0 aromatic heterocycles. The molecule has 0 saturated carbocycles. The second-order valence-electron chi connectivity index (χ2n) is 9.60. The van der Waals surface area contributed by atoms with Gasteiger partial charge in [0, 0.05) is 13.6 Å². The lowest BCUT2D eigenvalue weighted by Gasteiger charge is -2.26. The Bertz CT molecular complexity index is 708. The van der Waals surface area contributed by atoms with Gasteiger partial charge in [-0.1, -0.05) is 24.3 Å². The molecule has 0 radical (unpaired) electrons. The van der Waals surface area contributed by atoms with Crippen LogP contribution in [0.2, 0.25) is 0 Å². The quantitative estimate of drug-likeness (QED) is 0.495. The summed E-state index contributed by atoms with van der Waals surface area (Å²) in [6, 6.07) is 6.86. The van der Waals surface area contributed by atoms with Crippen LogP contribution in [-0.4, -0.2) is 58.9 Å². The van der Waals surface area contributed by atoms with E-state index in [2.05, 4.69) is 0 Å². The zero-order chi connectivity index (χ0) is 23.1. The molecule has 1 aromatic carbocycles. The van der Waals surface area contributed by atoms with Gasteiger partial charge in [-0.2, -0.15) is 0 Å². The zero-order valence-corrected chi connectivity index (χ0v) is 19.3. The number of carbonyl (C=O) groups excluding carboxylic acids is 2. The molecule has 30 heavy (non-hydrogen) atoms. The van der Waals surface area contributed by atoms with E-state index in [0.717, 1.165) is 5.56 Å². The number of esters is 1. The highest BCUT2D eigenvalue weighted by molar-refractivity contribution is 6.58. The first kappa shape index (κ1) is 26.0. The minimum absolute atomic E-state index is 0.308. The summed E-state index contributed by atoms with van der Waals surface area (Å²) in [4.78, 5) is 26.4. The van der Waals surface area contributed by atoms with E-state index in [1.54, 1.807) is 25.2 Å². The highest BCUT2D eigenvalue weighted by Crippen LogP contribution is 2.20. The molecule has 0 aliphatic rings. The zero-order valence-electron chi connectivity index (χ0n) is 19.3. The van der Waals surface area contributed by atoms with Crippen LogP contribution in [0, 0.1) is 5.92 Å². The second-order valence-corrected chi connectivity index (χ2v) is 9.60. The first-order valence-electron chi connectivity index (χ1n) is 10.3. The van der Waals surface area contributed by atoms with Crippen molar-refractivity contribution in [1.29, 1.82) is 0 Å². The summed E-state index contributed by atoms with van der Waals surface area (Å²) in [6.07, 6.45) is 1.13. The van der Waals surface area contributed by atoms with Gasteiger partial charge in [0.2, 0.25) is 0 Å². The van der Waals surface area contributed by atoms with Gasteiger partial charge in [-0.3, -0.25) is 4.79 Å². The number of carbonyl (C=O) groups is 2. The summed E-state index contributed by atoms with van der Waals surface area (Å²) in [5.41, 5.74) is 0.0235. The molecule has 0 aliphatic heterocycles. The molecule has 1 atom stereocenters. The van der Waals surface area contributed by atoms with Crippen molar-refractivity contribution < 1.29 is 29.1 Å². The summed E-state index contributed by atoms with van der Waals surface area (Å²) in [7, 11) is 0.107. The smallest absolute Gasteiger partial charge is 0.460 e. The van der Waals surface area contributed by atoms with Gasteiger partial charge < -0.3 is 24.4 Å². The molecule has 1 aromatic rings. The van der Waals surface area contributed by atoms with Gasteiger partial charge in [0.15, 0.2) is 0 Å². The molecule has 0 saturated heterocycles. The number of ether oxygens (including phenoxy) is 2. The molecule has 1 rings (SSSR count). The predicted octanol–water partition coefficient (Wildman–Crippen LogP) is 2.51. The summed E-state index contributed by atoms with van der Waals surface area (Å²) >= 11 is 0. The van der Waals surface area contributed by atoms with E-state index < -0.39 is 30.3 Å². The van der Waals surface area contributed by atoms with Gasteiger partial charge in [-0.15, -0.1) is 0 Å². The molecule has 2 N–H and O–H groups in total. The normalized spacial score (nSPS) is 12.8. The highest BCUT2D eigenvalue weighted by Gasteiger charge is 2.26. The highest BCUT2D eigenvalue weighted by atomic mass is 16.6. The Balaban J connectivity index is 2.81. The van der Waals surface area contributed by atoms with Crippen molar-refractivity contribution in [2.75, 3.05) is 13.6 Å². The van der Waals surface area contributed by atoms with Crippen LogP contribution < -0.4 is 5.46 Å². The molecule has 1 unspecified atom stereocenters. The van der Waals surface area contributed by atoms with Gasteiger partial charge in [-0.05, 0) is 71.8 Å². The lowest BCUT2D eigenvalue weighted by molar-refractivity contribution is -0.160. The number of rotatable bonds is 8. The van der Waals surface area contributed by atoms with Gasteiger partial charge in [-0.25, -0.2) is 4.79 Å². The molecule has 8 heteroatoms. The topological polar surface area (TPSA) is 96.3 Å². The number of hydrogen-bond acceptors (Lipinski definition) is 6. The van der Waals surface area contributed by atoms with E-state index >= 15 is 0 Å². The maximum Gasteiger partial charge on any atom is 0.488 e. The Morgan fingerprint density at radius 3 is 2.20 bits per heavy atom. The van der Waals surface area contributed by atoms with Gasteiger partial charge in [0.1, 0.15) is 11.2 Å². The van der Waals surface area contributed by atoms with Gasteiger partial charge in [0.25, 0.3) is 0 Å². The van der Waals surface area contributed by atoms with Crippen molar-refractivity contribution in [3.8, 4) is 0 Å². The van der Waals surface area contributed by atoms with Crippen LogP contribution in [0.5, 0.6) is 0 Å². The number of nitrogens with zero attached hydrogens (tertiary/aromatic N) is 1. The minimum atomic E-state index is -1.56. The average molecular weight is 421 g/mol. The van der Waals surface area contributed by atoms with Crippen molar-refractivity contribution >= 4 is 24.6 Å². The van der Waals surface area contributed by atoms with Crippen LogP contribution in [0.4, 0.5) is 4.79 Å². The number of benzene rings is 1. The van der Waals surface area contributed by atoms with Crippen LogP contribution >= 0.6 is 0 Å². The van der Waals surface area contributed by atoms with Crippen molar-refractivity contribution in [3.63, 3.8) is 0 Å². The van der Waals surface area contributed by atoms with E-state index in [1.807, 2.05) is 47.6 Å². The molecule has 0 bridgehead atoms. The fourth-order valence-corrected chi connectivity index (χ4v) is 2.86. The van der Waals surface area contributed by atoms with Gasteiger partial charge >= 0.3 is 19.2 Å². The van der Waals surface area contributed by atoms with E-state index in [1.165, 1.54) is 4.90 Å². The molecule has 7 nitrogen and oxygen atoms in total. The molecule has 1 amide bonds. The first-order valence-corrected chi connectivity index (χ1v) is 10.3. The molecule has 168 valence electrons. The Morgan fingerprint density at radius 1 is 1.07 bits per heavy atom.